The van der Waals surface area contributed by atoms with E-state index >= 15 is 0 Å². The van der Waals surface area contributed by atoms with Gasteiger partial charge in [-0.2, -0.15) is 4.39 Å². The topological polar surface area (TPSA) is 51.8 Å². The third-order valence-electron chi connectivity index (χ3n) is 5.65. The summed E-state index contributed by atoms with van der Waals surface area (Å²) in [4.78, 5) is 8.33. The summed E-state index contributed by atoms with van der Waals surface area (Å²) in [5, 5.41) is 0. The van der Waals surface area contributed by atoms with Crippen LogP contribution in [0, 0.1) is 30.0 Å². The lowest BCUT2D eigenvalue weighted by molar-refractivity contribution is 0.614. The van der Waals surface area contributed by atoms with Gasteiger partial charge in [-0.25, -0.2) is 14.4 Å². The van der Waals surface area contributed by atoms with Gasteiger partial charge >= 0.3 is 0 Å². The van der Waals surface area contributed by atoms with Crippen LogP contribution in [0.5, 0.6) is 0 Å². The summed E-state index contributed by atoms with van der Waals surface area (Å²) < 4.78 is 28.6. The summed E-state index contributed by atoms with van der Waals surface area (Å²) in [6.07, 6.45) is 0. The molecule has 0 unspecified atom stereocenters. The zero-order valence-electron chi connectivity index (χ0n) is 17.7. The van der Waals surface area contributed by atoms with Gasteiger partial charge in [-0.3, -0.25) is 0 Å². The Morgan fingerprint density at radius 1 is 0.964 bits per heavy atom. The van der Waals surface area contributed by atoms with Crippen LogP contribution in [0.4, 0.5) is 14.6 Å². The van der Waals surface area contributed by atoms with Crippen LogP contribution >= 0.6 is 0 Å². The van der Waals surface area contributed by atoms with E-state index in [9.17, 15) is 8.78 Å². The first kappa shape index (κ1) is 22.0. The van der Waals surface area contributed by atoms with Crippen molar-refractivity contribution in [2.45, 2.75) is 65.1 Å². The summed E-state index contributed by atoms with van der Waals surface area (Å²) in [7, 11) is -2.06. The Balaban J connectivity index is 2.67. The molecule has 0 bridgehead atoms. The SMILES string of the molecule is Cc1c(F)cccc1-c1nc(N)c(F)c(C#C[Si](C(C)C)(C(C)C)C(C)C)n1. The molecule has 0 radical (unpaired) electrons. The van der Waals surface area contributed by atoms with Gasteiger partial charge in [0, 0.05) is 5.56 Å². The first-order valence-corrected chi connectivity index (χ1v) is 11.9. The van der Waals surface area contributed by atoms with E-state index in [0.29, 0.717) is 27.8 Å². The van der Waals surface area contributed by atoms with Crippen molar-refractivity contribution in [3.8, 4) is 22.9 Å². The highest BCUT2D eigenvalue weighted by molar-refractivity contribution is 6.90. The minimum atomic E-state index is -2.06. The predicted molar refractivity (Wildman–Crippen MR) is 114 cm³/mol. The van der Waals surface area contributed by atoms with Crippen molar-refractivity contribution in [2.24, 2.45) is 0 Å². The molecule has 6 heteroatoms. The highest BCUT2D eigenvalue weighted by Gasteiger charge is 2.41. The molecule has 0 amide bonds. The Bertz CT molecular complexity index is 906. The number of nitrogens with zero attached hydrogens (tertiary/aromatic N) is 2. The van der Waals surface area contributed by atoms with Gasteiger partial charge < -0.3 is 5.73 Å². The molecule has 0 aliphatic carbocycles. The second kappa shape index (κ2) is 8.40. The molecule has 0 atom stereocenters. The molecule has 1 heterocycles. The van der Waals surface area contributed by atoms with Crippen LogP contribution in [-0.4, -0.2) is 18.0 Å². The summed E-state index contributed by atoms with van der Waals surface area (Å²) >= 11 is 0. The van der Waals surface area contributed by atoms with Gasteiger partial charge in [-0.05, 0) is 35.2 Å². The largest absolute Gasteiger partial charge is 0.381 e. The lowest BCUT2D eigenvalue weighted by atomic mass is 10.1. The number of hydrogen-bond acceptors (Lipinski definition) is 3. The Labute approximate surface area is 167 Å². The quantitative estimate of drug-likeness (QED) is 0.514. The molecule has 2 N–H and O–H groups in total. The monoisotopic (exact) mass is 401 g/mol. The second-order valence-electron chi connectivity index (χ2n) is 8.15. The molecule has 2 aromatic rings. The number of halogens is 2. The fraction of sp³-hybridized carbons (Fsp3) is 0.455. The second-order valence-corrected chi connectivity index (χ2v) is 13.7. The standard InChI is InChI=1S/C22H29F2N3Si/c1-13(2)28(14(3)4,15(5)6)12-11-19-20(24)21(25)27-22(26-19)17-9-8-10-18(23)16(17)7/h8-10,13-15H,1-7H3,(H2,25,26,27). The highest BCUT2D eigenvalue weighted by atomic mass is 28.3. The van der Waals surface area contributed by atoms with Gasteiger partial charge in [0.1, 0.15) is 13.9 Å². The minimum absolute atomic E-state index is 0.0232. The average Bonchev–Trinajstić information content (AvgIpc) is 2.60. The predicted octanol–water partition coefficient (Wildman–Crippen LogP) is 5.88. The van der Waals surface area contributed by atoms with E-state index in [1.54, 1.807) is 19.1 Å². The normalized spacial score (nSPS) is 11.9. The number of hydrogen-bond donors (Lipinski definition) is 1. The van der Waals surface area contributed by atoms with Crippen molar-refractivity contribution in [1.82, 2.24) is 9.97 Å². The molecule has 0 spiro atoms. The molecule has 2 rings (SSSR count). The molecule has 0 saturated heterocycles. The number of anilines is 1. The van der Waals surface area contributed by atoms with Crippen LogP contribution in [0.1, 0.15) is 52.8 Å². The summed E-state index contributed by atoms with van der Waals surface area (Å²) in [6, 6.07) is 4.62. The van der Waals surface area contributed by atoms with E-state index in [0.717, 1.165) is 0 Å². The van der Waals surface area contributed by atoms with Crippen molar-refractivity contribution >= 4 is 13.9 Å². The van der Waals surface area contributed by atoms with E-state index < -0.39 is 13.9 Å². The Hall–Kier alpha value is -2.26. The minimum Gasteiger partial charge on any atom is -0.381 e. The van der Waals surface area contributed by atoms with E-state index in [1.807, 2.05) is 0 Å². The van der Waals surface area contributed by atoms with Gasteiger partial charge in [-0.1, -0.05) is 59.6 Å². The third-order valence-corrected chi connectivity index (χ3v) is 11.9. The van der Waals surface area contributed by atoms with Crippen LogP contribution in [0.25, 0.3) is 11.4 Å². The Morgan fingerprint density at radius 2 is 1.54 bits per heavy atom. The van der Waals surface area contributed by atoms with E-state index in [1.165, 1.54) is 6.07 Å². The van der Waals surface area contributed by atoms with Gasteiger partial charge in [0.05, 0.1) is 0 Å². The van der Waals surface area contributed by atoms with E-state index in [2.05, 4.69) is 63.0 Å². The number of rotatable bonds is 4. The Kier molecular flexibility index (Phi) is 6.61. The molecule has 0 saturated carbocycles. The summed E-state index contributed by atoms with van der Waals surface area (Å²) in [5.74, 6) is 1.82. The molecule has 3 nitrogen and oxygen atoms in total. The van der Waals surface area contributed by atoms with Crippen molar-refractivity contribution < 1.29 is 8.78 Å². The molecular formula is C22H29F2N3Si. The molecule has 1 aromatic carbocycles. The molecule has 150 valence electrons. The van der Waals surface area contributed by atoms with Crippen LogP contribution in [0.2, 0.25) is 16.6 Å². The average molecular weight is 402 g/mol. The molecule has 0 aliphatic rings. The van der Waals surface area contributed by atoms with Crippen LogP contribution < -0.4 is 5.73 Å². The Morgan fingerprint density at radius 3 is 2.07 bits per heavy atom. The molecule has 0 aliphatic heterocycles. The first-order chi connectivity index (χ1) is 13.0. The number of benzene rings is 1. The maximum atomic E-state index is 14.6. The van der Waals surface area contributed by atoms with E-state index in [-0.39, 0.29) is 23.2 Å². The fourth-order valence-corrected chi connectivity index (χ4v) is 9.32. The molecular weight excluding hydrogens is 372 g/mol. The van der Waals surface area contributed by atoms with Crippen molar-refractivity contribution in [1.29, 1.82) is 0 Å². The van der Waals surface area contributed by atoms with Crippen molar-refractivity contribution in [2.75, 3.05) is 5.73 Å². The number of aromatic nitrogens is 2. The van der Waals surface area contributed by atoms with Gasteiger partial charge in [0.15, 0.2) is 23.2 Å². The van der Waals surface area contributed by atoms with Crippen LogP contribution in [0.3, 0.4) is 0 Å². The molecule has 1 aromatic heterocycles. The smallest absolute Gasteiger partial charge is 0.199 e. The van der Waals surface area contributed by atoms with Crippen LogP contribution in [0.15, 0.2) is 18.2 Å². The lowest BCUT2D eigenvalue weighted by Crippen LogP contribution is -2.43. The van der Waals surface area contributed by atoms with Gasteiger partial charge in [0.2, 0.25) is 0 Å². The third kappa shape index (κ3) is 3.95. The lowest BCUT2D eigenvalue weighted by Gasteiger charge is -2.38. The first-order valence-electron chi connectivity index (χ1n) is 9.64. The van der Waals surface area contributed by atoms with Crippen molar-refractivity contribution in [3.05, 3.63) is 41.1 Å². The van der Waals surface area contributed by atoms with E-state index in [4.69, 9.17) is 5.73 Å². The van der Waals surface area contributed by atoms with Crippen LogP contribution in [-0.2, 0) is 0 Å². The summed E-state index contributed by atoms with van der Waals surface area (Å²) in [5.41, 5.74) is 11.3. The highest BCUT2D eigenvalue weighted by Crippen LogP contribution is 2.40. The maximum absolute atomic E-state index is 14.6. The zero-order valence-corrected chi connectivity index (χ0v) is 18.7. The zero-order chi connectivity index (χ0) is 21.2. The van der Waals surface area contributed by atoms with Crippen molar-refractivity contribution in [3.63, 3.8) is 0 Å². The molecule has 28 heavy (non-hydrogen) atoms. The maximum Gasteiger partial charge on any atom is 0.199 e. The summed E-state index contributed by atoms with van der Waals surface area (Å²) in [6.45, 7) is 14.8. The number of nitrogens with two attached hydrogens (primary N) is 1. The molecule has 0 fully saturated rings. The van der Waals surface area contributed by atoms with Gasteiger partial charge in [-0.15, -0.1) is 5.54 Å². The number of nitrogen functional groups attached to an aromatic ring is 1. The van der Waals surface area contributed by atoms with Gasteiger partial charge in [0.25, 0.3) is 0 Å². The fourth-order valence-electron chi connectivity index (χ4n) is 4.12.